The first-order valence-corrected chi connectivity index (χ1v) is 7.08. The van der Waals surface area contributed by atoms with Gasteiger partial charge in [-0.3, -0.25) is 4.79 Å². The summed E-state index contributed by atoms with van der Waals surface area (Å²) in [6.07, 6.45) is 0.338. The van der Waals surface area contributed by atoms with E-state index in [1.54, 1.807) is 0 Å². The highest BCUT2D eigenvalue weighted by Gasteiger charge is 2.26. The van der Waals surface area contributed by atoms with Gasteiger partial charge in [0.05, 0.1) is 6.61 Å². The molecule has 0 saturated heterocycles. The summed E-state index contributed by atoms with van der Waals surface area (Å²) >= 11 is 3.42. The number of amides is 1. The lowest BCUT2D eigenvalue weighted by Crippen LogP contribution is -2.34. The van der Waals surface area contributed by atoms with E-state index in [9.17, 15) is 4.79 Å². The summed E-state index contributed by atoms with van der Waals surface area (Å²) in [6.45, 7) is 0.687. The Morgan fingerprint density at radius 1 is 1.55 bits per heavy atom. The van der Waals surface area contributed by atoms with Gasteiger partial charge in [-0.25, -0.2) is 0 Å². The molecule has 7 heteroatoms. The summed E-state index contributed by atoms with van der Waals surface area (Å²) in [4.78, 5) is 11.8. The molecule has 1 amide bonds. The second-order valence-corrected chi connectivity index (χ2v) is 5.46. The van der Waals surface area contributed by atoms with E-state index in [0.717, 1.165) is 15.7 Å². The van der Waals surface area contributed by atoms with Crippen molar-refractivity contribution in [1.29, 1.82) is 0 Å². The van der Waals surface area contributed by atoms with Crippen LogP contribution in [0, 0.1) is 0 Å². The molecule has 1 aliphatic rings. The summed E-state index contributed by atoms with van der Waals surface area (Å²) in [6, 6.07) is 5.92. The highest BCUT2D eigenvalue weighted by atomic mass is 79.9. The van der Waals surface area contributed by atoms with Gasteiger partial charge in [-0.2, -0.15) is 0 Å². The van der Waals surface area contributed by atoms with Gasteiger partial charge in [0, 0.05) is 35.6 Å². The number of nitrogens with zero attached hydrogens (tertiary/aromatic N) is 1. The van der Waals surface area contributed by atoms with Crippen LogP contribution in [0.15, 0.2) is 27.8 Å². The lowest BCUT2D eigenvalue weighted by molar-refractivity contribution is -0.115. The molecule has 0 aromatic heterocycles. The molecule has 0 bridgehead atoms. The fourth-order valence-corrected chi connectivity index (χ4v) is 2.62. The van der Waals surface area contributed by atoms with E-state index in [0.29, 0.717) is 13.0 Å². The number of hydrogen-bond acceptors (Lipinski definition) is 5. The van der Waals surface area contributed by atoms with Crippen LogP contribution in [0.4, 0.5) is 5.69 Å². The molecule has 0 radical (unpaired) electrons. The molecule has 0 fully saturated rings. The van der Waals surface area contributed by atoms with Gasteiger partial charge in [-0.1, -0.05) is 21.1 Å². The van der Waals surface area contributed by atoms with E-state index in [-0.39, 0.29) is 24.8 Å². The smallest absolute Gasteiger partial charge is 0.269 e. The van der Waals surface area contributed by atoms with E-state index in [4.69, 9.17) is 10.3 Å². The molecule has 1 heterocycles. The topological polar surface area (TPSA) is 94.0 Å². The maximum atomic E-state index is 11.8. The number of aliphatic hydroxyl groups excluding tert-OH is 1. The van der Waals surface area contributed by atoms with Crippen molar-refractivity contribution in [1.82, 2.24) is 5.32 Å². The minimum absolute atomic E-state index is 0.0677. The molecule has 0 saturated carbocycles. The molecule has 0 spiro atoms. The van der Waals surface area contributed by atoms with Gasteiger partial charge in [-0.05, 0) is 23.8 Å². The number of anilines is 1. The number of carbonyl (C=O) groups is 1. The molecule has 6 nitrogen and oxygen atoms in total. The number of nitrogens with one attached hydrogen (secondary N) is 2. The maximum Gasteiger partial charge on any atom is 0.269 e. The van der Waals surface area contributed by atoms with Crippen molar-refractivity contribution in [2.75, 3.05) is 25.0 Å². The van der Waals surface area contributed by atoms with Gasteiger partial charge in [0.2, 0.25) is 0 Å². The Morgan fingerprint density at radius 2 is 2.35 bits per heavy atom. The van der Waals surface area contributed by atoms with Gasteiger partial charge in [0.25, 0.3) is 5.91 Å². The third kappa shape index (κ3) is 3.29. The quantitative estimate of drug-likeness (QED) is 0.368. The summed E-state index contributed by atoms with van der Waals surface area (Å²) < 4.78 is 0.970. The first-order chi connectivity index (χ1) is 9.65. The SMILES string of the molecule is O=C(NCCO)/C(CC1CNc2ccc(Br)cc21)=N/O. The van der Waals surface area contributed by atoms with Crippen molar-refractivity contribution >= 4 is 33.2 Å². The van der Waals surface area contributed by atoms with Crippen molar-refractivity contribution < 1.29 is 15.1 Å². The van der Waals surface area contributed by atoms with Crippen molar-refractivity contribution in [3.05, 3.63) is 28.2 Å². The molecule has 2 rings (SSSR count). The number of hydrogen-bond donors (Lipinski definition) is 4. The zero-order valence-electron chi connectivity index (χ0n) is 10.8. The van der Waals surface area contributed by atoms with Crippen LogP contribution in [-0.4, -0.2) is 41.6 Å². The number of benzene rings is 1. The normalized spacial score (nSPS) is 17.5. The second-order valence-electron chi connectivity index (χ2n) is 4.54. The van der Waals surface area contributed by atoms with Crippen LogP contribution >= 0.6 is 15.9 Å². The molecule has 1 atom stereocenters. The third-order valence-corrected chi connectivity index (χ3v) is 3.71. The number of rotatable bonds is 5. The van der Waals surface area contributed by atoms with E-state index in [2.05, 4.69) is 31.7 Å². The highest BCUT2D eigenvalue weighted by Crippen LogP contribution is 2.35. The molecular weight excluding hydrogens is 326 g/mol. The fraction of sp³-hybridized carbons (Fsp3) is 0.385. The van der Waals surface area contributed by atoms with Crippen LogP contribution in [0.3, 0.4) is 0 Å². The number of aliphatic hydroxyl groups is 1. The monoisotopic (exact) mass is 341 g/mol. The lowest BCUT2D eigenvalue weighted by Gasteiger charge is -2.11. The summed E-state index contributed by atoms with van der Waals surface area (Å²) in [5, 5.41) is 26.5. The Morgan fingerprint density at radius 3 is 3.05 bits per heavy atom. The minimum Gasteiger partial charge on any atom is -0.410 e. The highest BCUT2D eigenvalue weighted by molar-refractivity contribution is 9.10. The Balaban J connectivity index is 2.08. The van der Waals surface area contributed by atoms with Gasteiger partial charge in [0.15, 0.2) is 0 Å². The summed E-state index contributed by atoms with van der Waals surface area (Å²) in [5.41, 5.74) is 2.19. The van der Waals surface area contributed by atoms with Crippen molar-refractivity contribution in [3.63, 3.8) is 0 Å². The Hall–Kier alpha value is -1.60. The van der Waals surface area contributed by atoms with Gasteiger partial charge >= 0.3 is 0 Å². The summed E-state index contributed by atoms with van der Waals surface area (Å²) in [7, 11) is 0. The molecule has 1 aliphatic heterocycles. The summed E-state index contributed by atoms with van der Waals surface area (Å²) in [5.74, 6) is -0.377. The van der Waals surface area contributed by atoms with Crippen LogP contribution < -0.4 is 10.6 Å². The molecule has 108 valence electrons. The van der Waals surface area contributed by atoms with E-state index >= 15 is 0 Å². The van der Waals surface area contributed by atoms with Crippen molar-refractivity contribution in [2.45, 2.75) is 12.3 Å². The molecule has 1 unspecified atom stereocenters. The molecule has 4 N–H and O–H groups in total. The van der Waals surface area contributed by atoms with Crippen LogP contribution in [0.2, 0.25) is 0 Å². The predicted molar refractivity (Wildman–Crippen MR) is 79.3 cm³/mol. The molecular formula is C13H16BrN3O3. The third-order valence-electron chi connectivity index (χ3n) is 3.21. The first kappa shape index (κ1) is 14.8. The van der Waals surface area contributed by atoms with Crippen LogP contribution in [0.25, 0.3) is 0 Å². The Labute approximate surface area is 125 Å². The zero-order valence-corrected chi connectivity index (χ0v) is 12.4. The average molecular weight is 342 g/mol. The molecule has 0 aliphatic carbocycles. The Kier molecular flexibility index (Phi) is 4.97. The number of oxime groups is 1. The fourth-order valence-electron chi connectivity index (χ4n) is 2.24. The van der Waals surface area contributed by atoms with Gasteiger partial charge < -0.3 is 20.9 Å². The van der Waals surface area contributed by atoms with Crippen molar-refractivity contribution in [2.24, 2.45) is 5.16 Å². The van der Waals surface area contributed by atoms with E-state index in [1.165, 1.54) is 0 Å². The number of fused-ring (bicyclic) bond motifs is 1. The van der Waals surface area contributed by atoms with Crippen LogP contribution in [-0.2, 0) is 4.79 Å². The lowest BCUT2D eigenvalue weighted by atomic mass is 9.95. The molecule has 1 aromatic rings. The van der Waals surface area contributed by atoms with Gasteiger partial charge in [0.1, 0.15) is 5.71 Å². The van der Waals surface area contributed by atoms with Crippen molar-refractivity contribution in [3.8, 4) is 0 Å². The minimum atomic E-state index is -0.454. The second kappa shape index (κ2) is 6.71. The predicted octanol–water partition coefficient (Wildman–Crippen LogP) is 1.29. The molecule has 1 aromatic carbocycles. The van der Waals surface area contributed by atoms with Crippen LogP contribution in [0.1, 0.15) is 17.9 Å². The number of carbonyl (C=O) groups excluding carboxylic acids is 1. The van der Waals surface area contributed by atoms with E-state index in [1.807, 2.05) is 18.2 Å². The first-order valence-electron chi connectivity index (χ1n) is 6.29. The Bertz CT molecular complexity index is 534. The maximum absolute atomic E-state index is 11.8. The van der Waals surface area contributed by atoms with Crippen LogP contribution in [0.5, 0.6) is 0 Å². The van der Waals surface area contributed by atoms with E-state index < -0.39 is 5.91 Å². The average Bonchev–Trinajstić information content (AvgIpc) is 2.84. The van der Waals surface area contributed by atoms with Gasteiger partial charge in [-0.15, -0.1) is 0 Å². The largest absolute Gasteiger partial charge is 0.410 e. The zero-order chi connectivity index (χ0) is 14.5. The number of halogens is 1. The molecule has 20 heavy (non-hydrogen) atoms. The standard InChI is InChI=1S/C13H16BrN3O3/c14-9-1-2-11-10(6-9)8(7-16-11)5-12(17-20)13(19)15-3-4-18/h1-2,6,8,16,18,20H,3-5,7H2,(H,15,19)/b17-12+.